The summed E-state index contributed by atoms with van der Waals surface area (Å²) < 4.78 is 41.9. The largest absolute Gasteiger partial charge is 0.436 e. The molecule has 0 unspecified atom stereocenters. The minimum atomic E-state index is -4.40. The molecule has 0 radical (unpaired) electrons. The van der Waals surface area contributed by atoms with Crippen molar-refractivity contribution in [3.63, 3.8) is 0 Å². The van der Waals surface area contributed by atoms with Crippen molar-refractivity contribution in [1.29, 1.82) is 0 Å². The van der Waals surface area contributed by atoms with E-state index in [1.54, 1.807) is 0 Å². The molecule has 4 nitrogen and oxygen atoms in total. The fraction of sp³-hybridized carbons (Fsp3) is 0.0833. The minimum absolute atomic E-state index is 0.0163. The molecule has 0 saturated carbocycles. The Kier molecular flexibility index (Phi) is 3.20. The topological polar surface area (TPSA) is 68.3 Å². The monoisotopic (exact) mass is 270 g/mol. The average molecular weight is 270 g/mol. The van der Waals surface area contributed by atoms with Gasteiger partial charge < -0.3 is 15.5 Å². The molecule has 19 heavy (non-hydrogen) atoms. The van der Waals surface area contributed by atoms with Gasteiger partial charge in [0.05, 0.1) is 5.56 Å². The number of nitrogens with two attached hydrogens (primary N) is 1. The second-order valence-corrected chi connectivity index (χ2v) is 3.73. The predicted octanol–water partition coefficient (Wildman–Crippen LogP) is 3.13. The number of nitrogens with one attached hydrogen (secondary N) is 1. The Bertz CT molecular complexity index is 588. The van der Waals surface area contributed by atoms with Gasteiger partial charge in [0, 0.05) is 11.8 Å². The first-order chi connectivity index (χ1) is 8.86. The van der Waals surface area contributed by atoms with Crippen molar-refractivity contribution in [3.05, 3.63) is 47.7 Å². The van der Waals surface area contributed by atoms with E-state index in [4.69, 9.17) is 10.2 Å². The van der Waals surface area contributed by atoms with Crippen molar-refractivity contribution in [3.8, 4) is 0 Å². The molecule has 0 fully saturated rings. The van der Waals surface area contributed by atoms with Gasteiger partial charge in [-0.25, -0.2) is 0 Å². The summed E-state index contributed by atoms with van der Waals surface area (Å²) in [5.41, 5.74) is 4.75. The third-order valence-corrected chi connectivity index (χ3v) is 2.32. The van der Waals surface area contributed by atoms with Crippen LogP contribution in [0.5, 0.6) is 0 Å². The molecule has 100 valence electrons. The van der Waals surface area contributed by atoms with E-state index in [1.165, 1.54) is 12.1 Å². The highest BCUT2D eigenvalue weighted by molar-refractivity contribution is 6.02. The molecule has 2 aromatic rings. The van der Waals surface area contributed by atoms with Gasteiger partial charge in [0.15, 0.2) is 11.6 Å². The number of halogens is 3. The highest BCUT2D eigenvalue weighted by Gasteiger charge is 2.30. The van der Waals surface area contributed by atoms with E-state index in [1.807, 2.05) is 0 Å². The van der Waals surface area contributed by atoms with E-state index in [2.05, 4.69) is 5.32 Å². The number of hydrogen-bond acceptors (Lipinski definition) is 3. The predicted molar refractivity (Wildman–Crippen MR) is 62.5 cm³/mol. The molecule has 0 bridgehead atoms. The molecule has 2 rings (SSSR count). The lowest BCUT2D eigenvalue weighted by molar-refractivity contribution is -0.137. The zero-order chi connectivity index (χ0) is 14.0. The molecule has 1 heterocycles. The highest BCUT2D eigenvalue weighted by Crippen LogP contribution is 2.29. The van der Waals surface area contributed by atoms with Crippen LogP contribution in [0.3, 0.4) is 0 Å². The first-order valence-corrected chi connectivity index (χ1v) is 5.20. The molecule has 0 saturated heterocycles. The van der Waals surface area contributed by atoms with E-state index >= 15 is 0 Å². The Labute approximate surface area is 106 Å². The Hall–Kier alpha value is -2.44. The minimum Gasteiger partial charge on any atom is -0.436 e. The summed E-state index contributed by atoms with van der Waals surface area (Å²) in [6.45, 7) is 0. The van der Waals surface area contributed by atoms with Gasteiger partial charge >= 0.3 is 6.18 Å². The number of furan rings is 1. The second-order valence-electron chi connectivity index (χ2n) is 3.73. The first-order valence-electron chi connectivity index (χ1n) is 5.20. The van der Waals surface area contributed by atoms with Crippen LogP contribution in [0.1, 0.15) is 16.1 Å². The van der Waals surface area contributed by atoms with Crippen LogP contribution < -0.4 is 11.1 Å². The standard InChI is InChI=1S/C12H9F3N2O2/c13-12(14,15)7-1-3-8(4-2-7)17-11(18)9-5-6-10(16)19-9/h1-6H,16H2,(H,17,18). The van der Waals surface area contributed by atoms with Crippen LogP contribution in [0.2, 0.25) is 0 Å². The van der Waals surface area contributed by atoms with Crippen molar-refractivity contribution in [1.82, 2.24) is 0 Å². The molecule has 1 aromatic heterocycles. The van der Waals surface area contributed by atoms with Crippen molar-refractivity contribution >= 4 is 17.5 Å². The zero-order valence-corrected chi connectivity index (χ0v) is 9.49. The summed E-state index contributed by atoms with van der Waals surface area (Å²) in [6.07, 6.45) is -4.40. The summed E-state index contributed by atoms with van der Waals surface area (Å²) in [5, 5.41) is 2.39. The number of benzene rings is 1. The fourth-order valence-corrected chi connectivity index (χ4v) is 1.41. The van der Waals surface area contributed by atoms with Gasteiger partial charge in [-0.3, -0.25) is 4.79 Å². The maximum absolute atomic E-state index is 12.3. The Morgan fingerprint density at radius 3 is 2.21 bits per heavy atom. The quantitative estimate of drug-likeness (QED) is 0.880. The molecule has 3 N–H and O–H groups in total. The van der Waals surface area contributed by atoms with Gasteiger partial charge in [-0.2, -0.15) is 13.2 Å². The summed E-state index contributed by atoms with van der Waals surface area (Å²) in [5.74, 6) is -0.522. The van der Waals surface area contributed by atoms with Gasteiger partial charge in [0.25, 0.3) is 5.91 Å². The summed E-state index contributed by atoms with van der Waals surface area (Å²) >= 11 is 0. The molecule has 0 aliphatic heterocycles. The van der Waals surface area contributed by atoms with Gasteiger partial charge in [-0.1, -0.05) is 0 Å². The van der Waals surface area contributed by atoms with E-state index in [9.17, 15) is 18.0 Å². The number of hydrogen-bond donors (Lipinski definition) is 2. The maximum Gasteiger partial charge on any atom is 0.416 e. The fourth-order valence-electron chi connectivity index (χ4n) is 1.41. The second kappa shape index (κ2) is 4.68. The van der Waals surface area contributed by atoms with Crippen LogP contribution in [-0.2, 0) is 6.18 Å². The van der Waals surface area contributed by atoms with Gasteiger partial charge in [-0.05, 0) is 30.3 Å². The lowest BCUT2D eigenvalue weighted by Crippen LogP contribution is -2.11. The number of carbonyl (C=O) groups is 1. The highest BCUT2D eigenvalue weighted by atomic mass is 19.4. The van der Waals surface area contributed by atoms with E-state index in [-0.39, 0.29) is 17.3 Å². The summed E-state index contributed by atoms with van der Waals surface area (Å²) in [7, 11) is 0. The normalized spacial score (nSPS) is 11.3. The molecule has 0 aliphatic rings. The molecule has 1 aromatic carbocycles. The van der Waals surface area contributed by atoms with Crippen molar-refractivity contribution in [2.75, 3.05) is 11.1 Å². The third-order valence-electron chi connectivity index (χ3n) is 2.32. The molecule has 0 atom stereocenters. The molecule has 7 heteroatoms. The smallest absolute Gasteiger partial charge is 0.416 e. The lowest BCUT2D eigenvalue weighted by atomic mass is 10.2. The van der Waals surface area contributed by atoms with Crippen LogP contribution in [-0.4, -0.2) is 5.91 Å². The molecule has 1 amide bonds. The molecular formula is C12H9F3N2O2. The van der Waals surface area contributed by atoms with E-state index in [0.717, 1.165) is 24.3 Å². The number of carbonyl (C=O) groups excluding carboxylic acids is 1. The molecule has 0 aliphatic carbocycles. The lowest BCUT2D eigenvalue weighted by Gasteiger charge is -2.08. The number of amides is 1. The summed E-state index contributed by atoms with van der Waals surface area (Å²) in [6, 6.07) is 6.86. The SMILES string of the molecule is Nc1ccc(C(=O)Nc2ccc(C(F)(F)F)cc2)o1. The Morgan fingerprint density at radius 1 is 1.11 bits per heavy atom. The Balaban J connectivity index is 2.10. The number of rotatable bonds is 2. The number of alkyl halides is 3. The number of nitrogen functional groups attached to an aromatic ring is 1. The van der Waals surface area contributed by atoms with Gasteiger partial charge in [-0.15, -0.1) is 0 Å². The third kappa shape index (κ3) is 3.06. The van der Waals surface area contributed by atoms with Crippen LogP contribution >= 0.6 is 0 Å². The zero-order valence-electron chi connectivity index (χ0n) is 9.49. The van der Waals surface area contributed by atoms with Crippen molar-refractivity contribution < 1.29 is 22.4 Å². The Morgan fingerprint density at radius 2 is 1.74 bits per heavy atom. The van der Waals surface area contributed by atoms with Crippen molar-refractivity contribution in [2.24, 2.45) is 0 Å². The van der Waals surface area contributed by atoms with E-state index < -0.39 is 17.6 Å². The van der Waals surface area contributed by atoms with E-state index in [0.29, 0.717) is 0 Å². The van der Waals surface area contributed by atoms with Crippen LogP contribution in [0.15, 0.2) is 40.8 Å². The average Bonchev–Trinajstić information content (AvgIpc) is 2.75. The maximum atomic E-state index is 12.3. The van der Waals surface area contributed by atoms with Crippen LogP contribution in [0.25, 0.3) is 0 Å². The molecular weight excluding hydrogens is 261 g/mol. The van der Waals surface area contributed by atoms with Gasteiger partial charge in [0.1, 0.15) is 0 Å². The summed E-state index contributed by atoms with van der Waals surface area (Å²) in [4.78, 5) is 11.6. The van der Waals surface area contributed by atoms with Crippen molar-refractivity contribution in [2.45, 2.75) is 6.18 Å². The van der Waals surface area contributed by atoms with Crippen LogP contribution in [0.4, 0.5) is 24.7 Å². The van der Waals surface area contributed by atoms with Gasteiger partial charge in [0.2, 0.25) is 0 Å². The first kappa shape index (κ1) is 13.0. The number of anilines is 2. The molecule has 0 spiro atoms. The van der Waals surface area contributed by atoms with Crippen LogP contribution in [0, 0.1) is 0 Å².